The Morgan fingerprint density at radius 2 is 2.15 bits per heavy atom. The minimum atomic E-state index is -0.505. The van der Waals surface area contributed by atoms with Crippen molar-refractivity contribution in [1.82, 2.24) is 5.32 Å². The van der Waals surface area contributed by atoms with E-state index in [2.05, 4.69) is 12.2 Å². The van der Waals surface area contributed by atoms with E-state index in [1.54, 1.807) is 13.0 Å². The Labute approximate surface area is 119 Å². The van der Waals surface area contributed by atoms with Gasteiger partial charge in [0.25, 0.3) is 5.91 Å². The first kappa shape index (κ1) is 16.4. The summed E-state index contributed by atoms with van der Waals surface area (Å²) in [6.07, 6.45) is 1.90. The fourth-order valence-corrected chi connectivity index (χ4v) is 1.88. The molecule has 3 N–H and O–H groups in total. The first-order valence-corrected chi connectivity index (χ1v) is 6.91. The highest BCUT2D eigenvalue weighted by atomic mass is 19.1. The Bertz CT molecular complexity index is 449. The zero-order valence-corrected chi connectivity index (χ0v) is 12.3. The molecular formula is C15H23FN2O2. The maximum Gasteiger partial charge on any atom is 0.258 e. The second-order valence-corrected chi connectivity index (χ2v) is 5.02. The van der Waals surface area contributed by atoms with Crippen LogP contribution in [0.15, 0.2) is 18.2 Å². The molecular weight excluding hydrogens is 259 g/mol. The van der Waals surface area contributed by atoms with Gasteiger partial charge < -0.3 is 15.8 Å². The number of halogens is 1. The smallest absolute Gasteiger partial charge is 0.258 e. The van der Waals surface area contributed by atoms with Gasteiger partial charge in [-0.3, -0.25) is 4.79 Å². The summed E-state index contributed by atoms with van der Waals surface area (Å²) >= 11 is 0. The number of ether oxygens (including phenoxy) is 1. The standard InChI is InChI=1S/C15H23FN2O2/c1-4-5-10(2)18-15(19)9-20-14-7-6-12(11(3)17)8-13(14)16/h6-8,10-11H,4-5,9,17H2,1-3H3,(H,18,19)/t10?,11-/m1/s1. The van der Waals surface area contributed by atoms with Crippen molar-refractivity contribution in [2.24, 2.45) is 5.73 Å². The number of carbonyl (C=O) groups is 1. The van der Waals surface area contributed by atoms with Crippen LogP contribution in [-0.2, 0) is 4.79 Å². The molecule has 0 bridgehead atoms. The topological polar surface area (TPSA) is 64.3 Å². The van der Waals surface area contributed by atoms with Crippen molar-refractivity contribution in [3.05, 3.63) is 29.6 Å². The molecule has 1 aromatic rings. The Morgan fingerprint density at radius 1 is 1.45 bits per heavy atom. The molecule has 0 spiro atoms. The maximum absolute atomic E-state index is 13.7. The minimum absolute atomic E-state index is 0.0627. The molecule has 0 heterocycles. The molecule has 0 fully saturated rings. The van der Waals surface area contributed by atoms with E-state index in [9.17, 15) is 9.18 Å². The zero-order chi connectivity index (χ0) is 15.1. The van der Waals surface area contributed by atoms with Crippen LogP contribution in [0.1, 0.15) is 45.2 Å². The normalized spacial score (nSPS) is 13.7. The number of hydrogen-bond acceptors (Lipinski definition) is 3. The van der Waals surface area contributed by atoms with Crippen LogP contribution < -0.4 is 15.8 Å². The third-order valence-electron chi connectivity index (χ3n) is 2.97. The molecule has 112 valence electrons. The van der Waals surface area contributed by atoms with Gasteiger partial charge in [0.15, 0.2) is 18.2 Å². The van der Waals surface area contributed by atoms with Gasteiger partial charge in [-0.1, -0.05) is 19.4 Å². The third kappa shape index (κ3) is 5.17. The van der Waals surface area contributed by atoms with Crippen molar-refractivity contribution >= 4 is 5.91 Å². The van der Waals surface area contributed by atoms with Gasteiger partial charge in [0.1, 0.15) is 0 Å². The lowest BCUT2D eigenvalue weighted by atomic mass is 10.1. The number of nitrogens with one attached hydrogen (secondary N) is 1. The van der Waals surface area contributed by atoms with Crippen molar-refractivity contribution in [3.8, 4) is 5.75 Å². The van der Waals surface area contributed by atoms with Gasteiger partial charge in [-0.25, -0.2) is 4.39 Å². The van der Waals surface area contributed by atoms with E-state index < -0.39 is 5.82 Å². The molecule has 1 rings (SSSR count). The minimum Gasteiger partial charge on any atom is -0.481 e. The number of rotatable bonds is 7. The predicted octanol–water partition coefficient (Wildman–Crippen LogP) is 2.53. The molecule has 4 nitrogen and oxygen atoms in total. The number of carbonyl (C=O) groups excluding carboxylic acids is 1. The van der Waals surface area contributed by atoms with Gasteiger partial charge in [-0.2, -0.15) is 0 Å². The average Bonchev–Trinajstić information content (AvgIpc) is 2.37. The van der Waals surface area contributed by atoms with E-state index in [1.165, 1.54) is 12.1 Å². The summed E-state index contributed by atoms with van der Waals surface area (Å²) in [5.41, 5.74) is 6.36. The average molecular weight is 282 g/mol. The van der Waals surface area contributed by atoms with Crippen LogP contribution in [-0.4, -0.2) is 18.6 Å². The van der Waals surface area contributed by atoms with Gasteiger partial charge in [-0.05, 0) is 38.0 Å². The molecule has 0 saturated carbocycles. The van der Waals surface area contributed by atoms with E-state index >= 15 is 0 Å². The second kappa shape index (κ2) is 7.85. The molecule has 2 atom stereocenters. The molecule has 0 aliphatic rings. The highest BCUT2D eigenvalue weighted by Gasteiger charge is 2.11. The number of amides is 1. The Morgan fingerprint density at radius 3 is 2.70 bits per heavy atom. The van der Waals surface area contributed by atoms with Crippen LogP contribution in [0.5, 0.6) is 5.75 Å². The summed E-state index contributed by atoms with van der Waals surface area (Å²) in [5.74, 6) is -0.691. The quantitative estimate of drug-likeness (QED) is 0.807. The van der Waals surface area contributed by atoms with Gasteiger partial charge in [0.2, 0.25) is 0 Å². The summed E-state index contributed by atoms with van der Waals surface area (Å²) in [4.78, 5) is 11.6. The largest absolute Gasteiger partial charge is 0.481 e. The van der Waals surface area contributed by atoms with E-state index in [4.69, 9.17) is 10.5 Å². The van der Waals surface area contributed by atoms with Gasteiger partial charge >= 0.3 is 0 Å². The molecule has 1 aromatic carbocycles. The lowest BCUT2D eigenvalue weighted by Crippen LogP contribution is -2.36. The molecule has 5 heteroatoms. The lowest BCUT2D eigenvalue weighted by Gasteiger charge is -2.14. The highest BCUT2D eigenvalue weighted by molar-refractivity contribution is 5.77. The second-order valence-electron chi connectivity index (χ2n) is 5.02. The van der Waals surface area contributed by atoms with E-state index in [0.717, 1.165) is 12.8 Å². The molecule has 0 aliphatic heterocycles. The number of nitrogens with two attached hydrogens (primary N) is 1. The third-order valence-corrected chi connectivity index (χ3v) is 2.97. The van der Waals surface area contributed by atoms with Crippen molar-refractivity contribution in [1.29, 1.82) is 0 Å². The molecule has 20 heavy (non-hydrogen) atoms. The number of hydrogen-bond donors (Lipinski definition) is 2. The maximum atomic E-state index is 13.7. The summed E-state index contributed by atoms with van der Waals surface area (Å²) in [5, 5.41) is 2.79. The Balaban J connectivity index is 2.51. The summed E-state index contributed by atoms with van der Waals surface area (Å²) in [6.45, 7) is 5.56. The fraction of sp³-hybridized carbons (Fsp3) is 0.533. The summed E-state index contributed by atoms with van der Waals surface area (Å²) < 4.78 is 18.9. The van der Waals surface area contributed by atoms with Crippen molar-refractivity contribution in [2.75, 3.05) is 6.61 Å². The van der Waals surface area contributed by atoms with E-state index in [-0.39, 0.29) is 30.3 Å². The summed E-state index contributed by atoms with van der Waals surface area (Å²) in [6, 6.07) is 4.38. The van der Waals surface area contributed by atoms with Gasteiger partial charge in [-0.15, -0.1) is 0 Å². The summed E-state index contributed by atoms with van der Waals surface area (Å²) in [7, 11) is 0. The van der Waals surface area contributed by atoms with Gasteiger partial charge in [0, 0.05) is 12.1 Å². The molecule has 1 unspecified atom stereocenters. The van der Waals surface area contributed by atoms with Crippen LogP contribution in [0.3, 0.4) is 0 Å². The van der Waals surface area contributed by atoms with Crippen LogP contribution in [0, 0.1) is 5.82 Å². The van der Waals surface area contributed by atoms with Crippen molar-refractivity contribution in [2.45, 2.75) is 45.7 Å². The first-order valence-electron chi connectivity index (χ1n) is 6.91. The van der Waals surface area contributed by atoms with E-state index in [0.29, 0.717) is 5.56 Å². The molecule has 0 aliphatic carbocycles. The Hall–Kier alpha value is -1.62. The van der Waals surface area contributed by atoms with Crippen LogP contribution in [0.4, 0.5) is 4.39 Å². The van der Waals surface area contributed by atoms with Crippen molar-refractivity contribution < 1.29 is 13.9 Å². The van der Waals surface area contributed by atoms with Crippen LogP contribution in [0.2, 0.25) is 0 Å². The van der Waals surface area contributed by atoms with Crippen LogP contribution >= 0.6 is 0 Å². The fourth-order valence-electron chi connectivity index (χ4n) is 1.88. The zero-order valence-electron chi connectivity index (χ0n) is 12.3. The highest BCUT2D eigenvalue weighted by Crippen LogP contribution is 2.21. The predicted molar refractivity (Wildman–Crippen MR) is 77.0 cm³/mol. The Kier molecular flexibility index (Phi) is 6.45. The lowest BCUT2D eigenvalue weighted by molar-refractivity contribution is -0.123. The number of benzene rings is 1. The van der Waals surface area contributed by atoms with Crippen molar-refractivity contribution in [3.63, 3.8) is 0 Å². The first-order chi connectivity index (χ1) is 9.43. The molecule has 0 saturated heterocycles. The van der Waals surface area contributed by atoms with Gasteiger partial charge in [0.05, 0.1) is 0 Å². The van der Waals surface area contributed by atoms with E-state index in [1.807, 2.05) is 6.92 Å². The molecule has 0 radical (unpaired) electrons. The monoisotopic (exact) mass is 282 g/mol. The SMILES string of the molecule is CCCC(C)NC(=O)COc1ccc([C@@H](C)N)cc1F. The van der Waals surface area contributed by atoms with Crippen LogP contribution in [0.25, 0.3) is 0 Å². The molecule has 1 amide bonds. The molecule has 0 aromatic heterocycles.